The van der Waals surface area contributed by atoms with E-state index in [-0.39, 0.29) is 10.6 Å². The van der Waals surface area contributed by atoms with Crippen LogP contribution in [-0.4, -0.2) is 12.4 Å². The maximum Gasteiger partial charge on any atom is 0.193 e. The molecule has 0 saturated heterocycles. The molecule has 0 heterocycles. The topological polar surface area (TPSA) is 26.3 Å². The van der Waals surface area contributed by atoms with Crippen molar-refractivity contribution in [1.29, 1.82) is 0 Å². The Balaban J connectivity index is 2.91. The van der Waals surface area contributed by atoms with Gasteiger partial charge in [-0.2, -0.15) is 0 Å². The Morgan fingerprint density at radius 2 is 2.33 bits per heavy atom. The minimum Gasteiger partial charge on any atom is -0.501 e. The Hall–Kier alpha value is -1.35. The molecule has 4 heteroatoms. The van der Waals surface area contributed by atoms with Crippen LogP contribution >= 0.6 is 11.6 Å². The zero-order valence-corrected chi connectivity index (χ0v) is 8.92. The van der Waals surface area contributed by atoms with Crippen molar-refractivity contribution in [3.05, 3.63) is 46.9 Å². The number of benzene rings is 1. The van der Waals surface area contributed by atoms with E-state index in [9.17, 15) is 9.18 Å². The van der Waals surface area contributed by atoms with Crippen LogP contribution < -0.4 is 0 Å². The SMILES string of the molecule is CCO/C=C/C(=O)c1c(F)cccc1Cl. The largest absolute Gasteiger partial charge is 0.501 e. The maximum atomic E-state index is 13.2. The first kappa shape index (κ1) is 11.7. The summed E-state index contributed by atoms with van der Waals surface area (Å²) in [6, 6.07) is 4.10. The Kier molecular flexibility index (Phi) is 4.31. The van der Waals surface area contributed by atoms with Gasteiger partial charge in [0.15, 0.2) is 5.78 Å². The summed E-state index contributed by atoms with van der Waals surface area (Å²) in [5.74, 6) is -1.14. The highest BCUT2D eigenvalue weighted by molar-refractivity contribution is 6.34. The van der Waals surface area contributed by atoms with Crippen molar-refractivity contribution >= 4 is 17.4 Å². The third-order valence-electron chi connectivity index (χ3n) is 1.69. The number of ether oxygens (including phenoxy) is 1. The van der Waals surface area contributed by atoms with Gasteiger partial charge in [-0.15, -0.1) is 0 Å². The van der Waals surface area contributed by atoms with Gasteiger partial charge in [-0.3, -0.25) is 4.79 Å². The normalized spacial score (nSPS) is 10.6. The first-order valence-electron chi connectivity index (χ1n) is 4.43. The third kappa shape index (κ3) is 3.06. The summed E-state index contributed by atoms with van der Waals surface area (Å²) >= 11 is 5.70. The number of hydrogen-bond acceptors (Lipinski definition) is 2. The quantitative estimate of drug-likeness (QED) is 0.449. The first-order valence-corrected chi connectivity index (χ1v) is 4.81. The van der Waals surface area contributed by atoms with Crippen LogP contribution in [0.4, 0.5) is 4.39 Å². The van der Waals surface area contributed by atoms with Gasteiger partial charge in [0.25, 0.3) is 0 Å². The second-order valence-electron chi connectivity index (χ2n) is 2.72. The number of halogens is 2. The van der Waals surface area contributed by atoms with Crippen molar-refractivity contribution in [1.82, 2.24) is 0 Å². The molecule has 80 valence electrons. The van der Waals surface area contributed by atoms with Gasteiger partial charge in [0.05, 0.1) is 23.5 Å². The number of carbonyl (C=O) groups is 1. The van der Waals surface area contributed by atoms with Crippen molar-refractivity contribution in [3.63, 3.8) is 0 Å². The number of hydrogen-bond donors (Lipinski definition) is 0. The van der Waals surface area contributed by atoms with Crippen LogP contribution in [0.3, 0.4) is 0 Å². The lowest BCUT2D eigenvalue weighted by atomic mass is 10.1. The van der Waals surface area contributed by atoms with Crippen molar-refractivity contribution in [3.8, 4) is 0 Å². The van der Waals surface area contributed by atoms with Crippen molar-refractivity contribution in [2.24, 2.45) is 0 Å². The molecule has 0 atom stereocenters. The van der Waals surface area contributed by atoms with Crippen molar-refractivity contribution in [2.45, 2.75) is 6.92 Å². The second-order valence-corrected chi connectivity index (χ2v) is 3.13. The average molecular weight is 229 g/mol. The molecule has 0 aromatic heterocycles. The molecular formula is C11H10ClFO2. The van der Waals surface area contributed by atoms with E-state index in [1.54, 1.807) is 6.92 Å². The zero-order chi connectivity index (χ0) is 11.3. The van der Waals surface area contributed by atoms with Crippen LogP contribution in [0, 0.1) is 5.82 Å². The molecule has 0 bridgehead atoms. The molecule has 0 aliphatic rings. The predicted molar refractivity (Wildman–Crippen MR) is 56.5 cm³/mol. The number of rotatable bonds is 4. The average Bonchev–Trinajstić information content (AvgIpc) is 2.18. The Bertz CT molecular complexity index is 368. The van der Waals surface area contributed by atoms with Gasteiger partial charge in [-0.1, -0.05) is 17.7 Å². The molecule has 2 nitrogen and oxygen atoms in total. The van der Waals surface area contributed by atoms with Gasteiger partial charge in [-0.25, -0.2) is 4.39 Å². The Morgan fingerprint density at radius 3 is 2.93 bits per heavy atom. The van der Waals surface area contributed by atoms with Crippen LogP contribution in [0.5, 0.6) is 0 Å². The molecular weight excluding hydrogens is 219 g/mol. The Labute approximate surface area is 92.3 Å². The van der Waals surface area contributed by atoms with Gasteiger partial charge in [-0.05, 0) is 19.1 Å². The third-order valence-corrected chi connectivity index (χ3v) is 2.01. The van der Waals surface area contributed by atoms with Gasteiger partial charge in [0.1, 0.15) is 5.82 Å². The van der Waals surface area contributed by atoms with Crippen LogP contribution in [0.25, 0.3) is 0 Å². The van der Waals surface area contributed by atoms with Crippen LogP contribution in [0.15, 0.2) is 30.5 Å². The molecule has 0 spiro atoms. The van der Waals surface area contributed by atoms with E-state index in [0.29, 0.717) is 6.61 Å². The number of carbonyl (C=O) groups excluding carboxylic acids is 1. The van der Waals surface area contributed by atoms with E-state index in [4.69, 9.17) is 16.3 Å². The Morgan fingerprint density at radius 1 is 1.60 bits per heavy atom. The van der Waals surface area contributed by atoms with Gasteiger partial charge >= 0.3 is 0 Å². The molecule has 15 heavy (non-hydrogen) atoms. The fraction of sp³-hybridized carbons (Fsp3) is 0.182. The van der Waals surface area contributed by atoms with Gasteiger partial charge in [0, 0.05) is 6.08 Å². The summed E-state index contributed by atoms with van der Waals surface area (Å²) < 4.78 is 18.1. The molecule has 0 aliphatic heterocycles. The van der Waals surface area contributed by atoms with Crippen molar-refractivity contribution in [2.75, 3.05) is 6.61 Å². The van der Waals surface area contributed by atoms with E-state index in [1.165, 1.54) is 24.5 Å². The summed E-state index contributed by atoms with van der Waals surface area (Å²) in [5.41, 5.74) is -0.130. The molecule has 0 N–H and O–H groups in total. The molecule has 1 aromatic carbocycles. The summed E-state index contributed by atoms with van der Waals surface area (Å²) in [7, 11) is 0. The highest BCUT2D eigenvalue weighted by Gasteiger charge is 2.12. The minimum absolute atomic E-state index is 0.0983. The van der Waals surface area contributed by atoms with Crippen LogP contribution in [0.2, 0.25) is 5.02 Å². The predicted octanol–water partition coefficient (Wildman–Crippen LogP) is 3.21. The van der Waals surface area contributed by atoms with Crippen molar-refractivity contribution < 1.29 is 13.9 Å². The molecule has 0 radical (unpaired) electrons. The van der Waals surface area contributed by atoms with Crippen LogP contribution in [-0.2, 0) is 4.74 Å². The summed E-state index contributed by atoms with van der Waals surface area (Å²) in [4.78, 5) is 11.5. The molecule has 0 aliphatic carbocycles. The van der Waals surface area contributed by atoms with E-state index in [1.807, 2.05) is 0 Å². The number of ketones is 1. The fourth-order valence-electron chi connectivity index (χ4n) is 1.02. The highest BCUT2D eigenvalue weighted by atomic mass is 35.5. The summed E-state index contributed by atoms with van der Waals surface area (Å²) in [5, 5.41) is 0.0983. The summed E-state index contributed by atoms with van der Waals surface area (Å²) in [6.45, 7) is 2.24. The molecule has 1 rings (SSSR count). The lowest BCUT2D eigenvalue weighted by Crippen LogP contribution is -2.00. The molecule has 0 fully saturated rings. The highest BCUT2D eigenvalue weighted by Crippen LogP contribution is 2.19. The molecule has 1 aromatic rings. The van der Waals surface area contributed by atoms with Gasteiger partial charge in [0.2, 0.25) is 0 Å². The zero-order valence-electron chi connectivity index (χ0n) is 8.17. The maximum absolute atomic E-state index is 13.2. The minimum atomic E-state index is -0.631. The smallest absolute Gasteiger partial charge is 0.193 e. The lowest BCUT2D eigenvalue weighted by molar-refractivity contribution is 0.103. The fourth-order valence-corrected chi connectivity index (χ4v) is 1.28. The van der Waals surface area contributed by atoms with E-state index < -0.39 is 11.6 Å². The summed E-state index contributed by atoms with van der Waals surface area (Å²) in [6.07, 6.45) is 2.37. The first-order chi connectivity index (χ1) is 7.16. The monoisotopic (exact) mass is 228 g/mol. The van der Waals surface area contributed by atoms with Crippen LogP contribution in [0.1, 0.15) is 17.3 Å². The number of allylic oxidation sites excluding steroid dienone is 1. The van der Waals surface area contributed by atoms with E-state index in [0.717, 1.165) is 6.08 Å². The molecule has 0 unspecified atom stereocenters. The molecule has 0 amide bonds. The van der Waals surface area contributed by atoms with E-state index >= 15 is 0 Å². The lowest BCUT2D eigenvalue weighted by Gasteiger charge is -2.00. The second kappa shape index (κ2) is 5.51. The standard InChI is InChI=1S/C11H10ClFO2/c1-2-15-7-6-10(14)11-8(12)4-3-5-9(11)13/h3-7H,2H2,1H3/b7-6+. The van der Waals surface area contributed by atoms with Gasteiger partial charge < -0.3 is 4.74 Å². The van der Waals surface area contributed by atoms with E-state index in [2.05, 4.69) is 0 Å². The molecule has 0 saturated carbocycles.